The summed E-state index contributed by atoms with van der Waals surface area (Å²) < 4.78 is 5.07. The normalized spacial score (nSPS) is 10.8. The zero-order chi connectivity index (χ0) is 7.56. The quantitative estimate of drug-likeness (QED) is 0.552. The topological polar surface area (TPSA) is 26.0 Å². The Bertz CT molecular complexity index is 217. The summed E-state index contributed by atoms with van der Waals surface area (Å²) in [5.41, 5.74) is 0.951. The monoisotopic (exact) mass is 399 g/mol. The van der Waals surface area contributed by atoms with E-state index < -0.39 is 0 Å². The van der Waals surface area contributed by atoms with Crippen molar-refractivity contribution in [3.8, 4) is 0 Å². The van der Waals surface area contributed by atoms with Gasteiger partial charge in [-0.15, -0.1) is 0 Å². The van der Waals surface area contributed by atoms with Crippen molar-refractivity contribution in [3.63, 3.8) is 0 Å². The molecule has 1 rings (SSSR count). The number of rotatable bonds is 2. The molecule has 1 aromatic rings. The summed E-state index contributed by atoms with van der Waals surface area (Å²) in [6.07, 6.45) is 1.68. The Morgan fingerprint density at radius 1 is 1.70 bits per heavy atom. The maximum atomic E-state index is 5.13. The number of halogens is 2. The van der Waals surface area contributed by atoms with Crippen LogP contribution in [-0.4, -0.2) is 4.98 Å². The minimum absolute atomic E-state index is 0.0630. The van der Waals surface area contributed by atoms with Gasteiger partial charge in [-0.3, -0.25) is 0 Å². The molecule has 0 atom stereocenters. The first-order valence-corrected chi connectivity index (χ1v) is 10.7. The lowest BCUT2D eigenvalue weighted by Gasteiger charge is -1.92. The molecular weight excluding hydrogens is 395 g/mol. The van der Waals surface area contributed by atoms with E-state index in [4.69, 9.17) is 4.42 Å². The SMILES string of the molecule is Cc1coc(SP(I)I)n1. The first-order valence-electron chi connectivity index (χ1n) is 2.40. The molecule has 0 saturated heterocycles. The molecule has 1 heterocycles. The van der Waals surface area contributed by atoms with Gasteiger partial charge in [0, 0.05) is 0 Å². The van der Waals surface area contributed by atoms with Gasteiger partial charge in [-0.25, -0.2) is 4.98 Å². The third-order valence-corrected chi connectivity index (χ3v) is 5.65. The lowest BCUT2D eigenvalue weighted by molar-refractivity contribution is 0.455. The maximum absolute atomic E-state index is 5.13. The molecule has 0 N–H and O–H groups in total. The van der Waals surface area contributed by atoms with Crippen LogP contribution in [0.2, 0.25) is 0 Å². The van der Waals surface area contributed by atoms with Crippen LogP contribution in [0.25, 0.3) is 0 Å². The van der Waals surface area contributed by atoms with Gasteiger partial charge in [-0.2, -0.15) is 0 Å². The summed E-state index contributed by atoms with van der Waals surface area (Å²) in [5.74, 6) is 0. The average molecular weight is 399 g/mol. The summed E-state index contributed by atoms with van der Waals surface area (Å²) in [6.45, 7) is 1.93. The highest BCUT2D eigenvalue weighted by molar-refractivity contribution is 14.3. The predicted octanol–water partition coefficient (Wildman–Crippen LogP) is 4.17. The van der Waals surface area contributed by atoms with Crippen molar-refractivity contribution in [1.29, 1.82) is 0 Å². The number of nitrogens with zero attached hydrogens (tertiary/aromatic N) is 1. The van der Waals surface area contributed by atoms with Gasteiger partial charge in [-0.1, -0.05) is 0 Å². The summed E-state index contributed by atoms with van der Waals surface area (Å²) in [5, 5.41) is 0.785. The van der Waals surface area contributed by atoms with E-state index in [2.05, 4.69) is 49.1 Å². The van der Waals surface area contributed by atoms with Crippen molar-refractivity contribution < 1.29 is 4.42 Å². The molecule has 0 saturated carbocycles. The summed E-state index contributed by atoms with van der Waals surface area (Å²) in [7, 11) is 0. The minimum Gasteiger partial charge on any atom is -0.439 e. The van der Waals surface area contributed by atoms with Crippen molar-refractivity contribution in [3.05, 3.63) is 12.0 Å². The van der Waals surface area contributed by atoms with Gasteiger partial charge < -0.3 is 4.42 Å². The molecule has 0 aliphatic heterocycles. The van der Waals surface area contributed by atoms with Crippen LogP contribution in [-0.2, 0) is 0 Å². The summed E-state index contributed by atoms with van der Waals surface area (Å²) >= 11 is 6.42. The molecule has 0 unspecified atom stereocenters. The molecule has 0 radical (unpaired) electrons. The molecule has 10 heavy (non-hydrogen) atoms. The zero-order valence-electron chi connectivity index (χ0n) is 5.04. The second kappa shape index (κ2) is 4.47. The van der Waals surface area contributed by atoms with Gasteiger partial charge >= 0.3 is 0 Å². The van der Waals surface area contributed by atoms with Gasteiger partial charge in [0.15, 0.2) is 0 Å². The van der Waals surface area contributed by atoms with E-state index in [1.165, 1.54) is 0 Å². The van der Waals surface area contributed by atoms with Crippen molar-refractivity contribution in [2.75, 3.05) is 0 Å². The maximum Gasteiger partial charge on any atom is 0.261 e. The Morgan fingerprint density at radius 3 is 2.80 bits per heavy atom. The Labute approximate surface area is 90.4 Å². The fraction of sp³-hybridized carbons (Fsp3) is 0.250. The standard InChI is InChI=1S/C4H4I2NOPS/c1-3-2-8-4(7-3)10-9(5)6/h2H,1H3. The van der Waals surface area contributed by atoms with Crippen LogP contribution >= 0.6 is 57.9 Å². The highest BCUT2D eigenvalue weighted by atomic mass is 127. The van der Waals surface area contributed by atoms with Crippen molar-refractivity contribution in [2.24, 2.45) is 0 Å². The third kappa shape index (κ3) is 3.23. The van der Waals surface area contributed by atoms with E-state index >= 15 is 0 Å². The van der Waals surface area contributed by atoms with Crippen LogP contribution in [0.5, 0.6) is 0 Å². The number of hydrogen-bond acceptors (Lipinski definition) is 3. The molecule has 0 aromatic carbocycles. The molecular formula is C4H4I2NOPS. The second-order valence-electron chi connectivity index (χ2n) is 1.55. The van der Waals surface area contributed by atoms with Gasteiger partial charge in [0.05, 0.1) is 8.10 Å². The lowest BCUT2D eigenvalue weighted by atomic mass is 10.6. The molecule has 6 heteroatoms. The zero-order valence-corrected chi connectivity index (χ0v) is 11.1. The van der Waals surface area contributed by atoms with Crippen molar-refractivity contribution in [2.45, 2.75) is 12.1 Å². The molecule has 0 aliphatic rings. The third-order valence-electron chi connectivity index (χ3n) is 0.745. The van der Waals surface area contributed by atoms with E-state index in [9.17, 15) is 0 Å². The number of hydrogen-bond donors (Lipinski definition) is 0. The highest BCUT2D eigenvalue weighted by Crippen LogP contribution is 2.66. The molecule has 0 aliphatic carbocycles. The fourth-order valence-corrected chi connectivity index (χ4v) is 4.47. The molecule has 0 bridgehead atoms. The Morgan fingerprint density at radius 2 is 2.40 bits per heavy atom. The van der Waals surface area contributed by atoms with Crippen molar-refractivity contribution in [1.82, 2.24) is 4.98 Å². The smallest absolute Gasteiger partial charge is 0.261 e. The van der Waals surface area contributed by atoms with E-state index in [0.717, 1.165) is 10.9 Å². The van der Waals surface area contributed by atoms with Crippen molar-refractivity contribution >= 4 is 57.9 Å². The molecule has 0 amide bonds. The van der Waals surface area contributed by atoms with E-state index in [1.807, 2.05) is 6.92 Å². The number of oxazole rings is 1. The van der Waals surface area contributed by atoms with Gasteiger partial charge in [0.1, 0.15) is 6.26 Å². The van der Waals surface area contributed by atoms with Gasteiger partial charge in [0.2, 0.25) is 0 Å². The Kier molecular flexibility index (Phi) is 4.26. The van der Waals surface area contributed by atoms with Crippen LogP contribution in [0.1, 0.15) is 5.69 Å². The largest absolute Gasteiger partial charge is 0.439 e. The Hall–Kier alpha value is 1.45. The Balaban J connectivity index is 2.58. The number of aromatic nitrogens is 1. The van der Waals surface area contributed by atoms with Crippen LogP contribution in [0.4, 0.5) is 0 Å². The first-order chi connectivity index (χ1) is 4.68. The molecule has 56 valence electrons. The summed E-state index contributed by atoms with van der Waals surface area (Å²) in [6, 6.07) is 0. The summed E-state index contributed by atoms with van der Waals surface area (Å²) in [4.78, 5) is 4.15. The van der Waals surface area contributed by atoms with Gasteiger partial charge in [0.25, 0.3) is 5.22 Å². The highest BCUT2D eigenvalue weighted by Gasteiger charge is 2.05. The van der Waals surface area contributed by atoms with Crippen LogP contribution < -0.4 is 0 Å². The lowest BCUT2D eigenvalue weighted by Crippen LogP contribution is -1.66. The van der Waals surface area contributed by atoms with Crippen LogP contribution in [0, 0.1) is 6.92 Å². The molecule has 0 fully saturated rings. The fourth-order valence-electron chi connectivity index (χ4n) is 0.433. The van der Waals surface area contributed by atoms with Crippen LogP contribution in [0.15, 0.2) is 15.9 Å². The number of aryl methyl sites for hydroxylation is 1. The van der Waals surface area contributed by atoms with E-state index in [-0.39, 0.29) is 2.41 Å². The average Bonchev–Trinajstić information content (AvgIpc) is 2.13. The first kappa shape index (κ1) is 9.54. The second-order valence-corrected chi connectivity index (χ2v) is 19.4. The van der Waals surface area contributed by atoms with Crippen LogP contribution in [0.3, 0.4) is 0 Å². The molecule has 0 spiro atoms. The van der Waals surface area contributed by atoms with E-state index in [1.54, 1.807) is 17.6 Å². The minimum atomic E-state index is -0.0630. The predicted molar refractivity (Wildman–Crippen MR) is 62.1 cm³/mol. The molecule has 1 aromatic heterocycles. The van der Waals surface area contributed by atoms with E-state index in [0.29, 0.717) is 0 Å². The molecule has 2 nitrogen and oxygen atoms in total. The van der Waals surface area contributed by atoms with Gasteiger partial charge in [-0.05, 0) is 62.4 Å².